The first kappa shape index (κ1) is 13.3. The van der Waals surface area contributed by atoms with Crippen LogP contribution in [0.1, 0.15) is 26.7 Å². The molecule has 2 rings (SSSR count). The summed E-state index contributed by atoms with van der Waals surface area (Å²) in [5.74, 6) is 0.520. The zero-order chi connectivity index (χ0) is 14.0. The van der Waals surface area contributed by atoms with Crippen molar-refractivity contribution in [3.05, 3.63) is 34.4 Å². The summed E-state index contributed by atoms with van der Waals surface area (Å²) in [6.45, 7) is 3.91. The molecule has 0 unspecified atom stereocenters. The van der Waals surface area contributed by atoms with Crippen LogP contribution in [0.4, 0.5) is 5.69 Å². The molecule has 0 saturated carbocycles. The average Bonchev–Trinajstić information content (AvgIpc) is 2.40. The van der Waals surface area contributed by atoms with E-state index in [-0.39, 0.29) is 17.8 Å². The van der Waals surface area contributed by atoms with E-state index in [9.17, 15) is 14.9 Å². The van der Waals surface area contributed by atoms with E-state index in [4.69, 9.17) is 4.74 Å². The van der Waals surface area contributed by atoms with Gasteiger partial charge in [-0.2, -0.15) is 0 Å². The summed E-state index contributed by atoms with van der Waals surface area (Å²) in [5, 5.41) is 13.3. The predicted molar refractivity (Wildman–Crippen MR) is 68.7 cm³/mol. The van der Waals surface area contributed by atoms with Gasteiger partial charge in [0.25, 0.3) is 5.69 Å². The van der Waals surface area contributed by atoms with Gasteiger partial charge in [-0.1, -0.05) is 13.8 Å². The molecule has 102 valence electrons. The maximum atomic E-state index is 11.7. The number of ether oxygens (including phenoxy) is 1. The zero-order valence-corrected chi connectivity index (χ0v) is 10.9. The lowest BCUT2D eigenvalue weighted by Gasteiger charge is -2.47. The molecule has 1 aliphatic rings. The molecule has 1 aromatic carbocycles. The number of non-ortho nitro benzene ring substituents is 1. The van der Waals surface area contributed by atoms with Crippen molar-refractivity contribution in [2.45, 2.75) is 32.9 Å². The van der Waals surface area contributed by atoms with Crippen LogP contribution in [0.15, 0.2) is 24.3 Å². The van der Waals surface area contributed by atoms with Crippen LogP contribution in [-0.2, 0) is 4.79 Å². The van der Waals surface area contributed by atoms with E-state index in [0.717, 1.165) is 0 Å². The molecule has 1 amide bonds. The second kappa shape index (κ2) is 4.87. The van der Waals surface area contributed by atoms with Gasteiger partial charge in [0.05, 0.1) is 4.92 Å². The number of hydrogen-bond acceptors (Lipinski definition) is 4. The predicted octanol–water partition coefficient (Wildman–Crippen LogP) is 2.24. The Morgan fingerprint density at radius 1 is 1.32 bits per heavy atom. The number of β-lactam (4-membered cyclic amide) rings is 1. The van der Waals surface area contributed by atoms with E-state index < -0.39 is 10.3 Å². The van der Waals surface area contributed by atoms with Crippen LogP contribution >= 0.6 is 0 Å². The summed E-state index contributed by atoms with van der Waals surface area (Å²) in [5.41, 5.74) is -0.468. The van der Waals surface area contributed by atoms with Crippen molar-refractivity contribution in [1.29, 1.82) is 0 Å². The van der Waals surface area contributed by atoms with Crippen LogP contribution in [0.2, 0.25) is 0 Å². The van der Waals surface area contributed by atoms with Gasteiger partial charge in [-0.15, -0.1) is 0 Å². The van der Waals surface area contributed by atoms with Crippen molar-refractivity contribution < 1.29 is 14.5 Å². The lowest BCUT2D eigenvalue weighted by Crippen LogP contribution is -2.69. The maximum absolute atomic E-state index is 11.7. The maximum Gasteiger partial charge on any atom is 0.269 e. The molecule has 1 saturated heterocycles. The molecule has 1 aromatic rings. The Morgan fingerprint density at radius 2 is 1.89 bits per heavy atom. The first-order valence-corrected chi connectivity index (χ1v) is 6.25. The van der Waals surface area contributed by atoms with Crippen LogP contribution in [0.5, 0.6) is 5.75 Å². The molecule has 1 fully saturated rings. The van der Waals surface area contributed by atoms with E-state index >= 15 is 0 Å². The second-order valence-corrected chi connectivity index (χ2v) is 4.59. The second-order valence-electron chi connectivity index (χ2n) is 4.59. The summed E-state index contributed by atoms with van der Waals surface area (Å²) < 4.78 is 5.70. The van der Waals surface area contributed by atoms with Crippen molar-refractivity contribution in [3.63, 3.8) is 0 Å². The molecule has 0 aromatic heterocycles. The Morgan fingerprint density at radius 3 is 2.32 bits per heavy atom. The summed E-state index contributed by atoms with van der Waals surface area (Å²) in [7, 11) is 0. The highest BCUT2D eigenvalue weighted by molar-refractivity contribution is 5.89. The van der Waals surface area contributed by atoms with Gasteiger partial charge in [0.1, 0.15) is 11.2 Å². The van der Waals surface area contributed by atoms with Crippen LogP contribution in [0.3, 0.4) is 0 Å². The van der Waals surface area contributed by atoms with Crippen LogP contribution in [0.25, 0.3) is 0 Å². The first-order valence-electron chi connectivity index (χ1n) is 6.25. The minimum atomic E-state index is -0.484. The van der Waals surface area contributed by atoms with Crippen LogP contribution in [-0.4, -0.2) is 17.1 Å². The Balaban J connectivity index is 2.10. The van der Waals surface area contributed by atoms with E-state index in [2.05, 4.69) is 5.32 Å². The molecule has 0 bridgehead atoms. The van der Waals surface area contributed by atoms with Gasteiger partial charge in [-0.05, 0) is 25.0 Å². The van der Waals surface area contributed by atoms with Gasteiger partial charge in [0.15, 0.2) is 6.23 Å². The number of benzene rings is 1. The van der Waals surface area contributed by atoms with Gasteiger partial charge in [0.2, 0.25) is 5.91 Å². The van der Waals surface area contributed by atoms with E-state index in [0.29, 0.717) is 18.6 Å². The molecule has 0 radical (unpaired) electrons. The molecule has 0 spiro atoms. The Kier molecular flexibility index (Phi) is 3.42. The molecule has 6 nitrogen and oxygen atoms in total. The van der Waals surface area contributed by atoms with Gasteiger partial charge in [-0.3, -0.25) is 14.9 Å². The molecule has 6 heteroatoms. The minimum absolute atomic E-state index is 0.00408. The fourth-order valence-electron chi connectivity index (χ4n) is 2.31. The zero-order valence-electron chi connectivity index (χ0n) is 10.9. The molecule has 1 aliphatic heterocycles. The number of amides is 1. The Bertz CT molecular complexity index is 494. The number of nitro groups is 1. The molecule has 19 heavy (non-hydrogen) atoms. The highest BCUT2D eigenvalue weighted by Gasteiger charge is 2.54. The molecular formula is C13H16N2O4. The number of nitro benzene ring substituents is 1. The van der Waals surface area contributed by atoms with Crippen molar-refractivity contribution in [2.75, 3.05) is 0 Å². The van der Waals surface area contributed by atoms with Crippen molar-refractivity contribution in [1.82, 2.24) is 5.32 Å². The van der Waals surface area contributed by atoms with E-state index in [1.165, 1.54) is 12.1 Å². The largest absolute Gasteiger partial charge is 0.470 e. The number of hydrogen-bond donors (Lipinski definition) is 1. The lowest BCUT2D eigenvalue weighted by atomic mass is 9.73. The third-order valence-corrected chi connectivity index (χ3v) is 3.78. The fraction of sp³-hybridized carbons (Fsp3) is 0.462. The molecule has 1 N–H and O–H groups in total. The Labute approximate surface area is 110 Å². The summed E-state index contributed by atoms with van der Waals surface area (Å²) in [4.78, 5) is 21.8. The number of rotatable bonds is 5. The van der Waals surface area contributed by atoms with E-state index in [1.54, 1.807) is 12.1 Å². The molecule has 1 atom stereocenters. The van der Waals surface area contributed by atoms with Gasteiger partial charge >= 0.3 is 0 Å². The van der Waals surface area contributed by atoms with Gasteiger partial charge < -0.3 is 10.1 Å². The van der Waals surface area contributed by atoms with Crippen LogP contribution in [0, 0.1) is 15.5 Å². The molecule has 0 aliphatic carbocycles. The summed E-state index contributed by atoms with van der Waals surface area (Å²) >= 11 is 0. The first-order chi connectivity index (χ1) is 9.03. The summed E-state index contributed by atoms with van der Waals surface area (Å²) in [6, 6.07) is 5.85. The number of nitrogens with one attached hydrogen (secondary N) is 1. The fourth-order valence-corrected chi connectivity index (χ4v) is 2.31. The number of carbonyl (C=O) groups is 1. The Hall–Kier alpha value is -2.11. The SMILES string of the molecule is CCC1(CC)C(=O)N[C@@H]1Oc1ccc([N+](=O)[O-])cc1. The van der Waals surface area contributed by atoms with Gasteiger partial charge in [-0.25, -0.2) is 0 Å². The van der Waals surface area contributed by atoms with Crippen molar-refractivity contribution >= 4 is 11.6 Å². The quantitative estimate of drug-likeness (QED) is 0.502. The highest BCUT2D eigenvalue weighted by Crippen LogP contribution is 2.39. The van der Waals surface area contributed by atoms with E-state index in [1.807, 2.05) is 13.8 Å². The molecular weight excluding hydrogens is 248 g/mol. The van der Waals surface area contributed by atoms with Crippen LogP contribution < -0.4 is 10.1 Å². The summed E-state index contributed by atoms with van der Waals surface area (Å²) in [6.07, 6.45) is 1.04. The normalized spacial score (nSPS) is 20.3. The monoisotopic (exact) mass is 264 g/mol. The lowest BCUT2D eigenvalue weighted by molar-refractivity contribution is -0.384. The number of nitrogens with zero attached hydrogens (tertiary/aromatic N) is 1. The highest BCUT2D eigenvalue weighted by atomic mass is 16.6. The van der Waals surface area contributed by atoms with Crippen molar-refractivity contribution in [3.8, 4) is 5.75 Å². The third kappa shape index (κ3) is 2.14. The molecule has 1 heterocycles. The smallest absolute Gasteiger partial charge is 0.269 e. The third-order valence-electron chi connectivity index (χ3n) is 3.78. The van der Waals surface area contributed by atoms with Gasteiger partial charge in [0, 0.05) is 12.1 Å². The standard InChI is InChI=1S/C13H16N2O4/c1-3-13(4-2)11(16)14-12(13)19-10-7-5-9(6-8-10)15(17)18/h5-8,12H,3-4H2,1-2H3,(H,14,16)/t12-/m1/s1. The average molecular weight is 264 g/mol. The topological polar surface area (TPSA) is 81.5 Å². The van der Waals surface area contributed by atoms with Crippen molar-refractivity contribution in [2.24, 2.45) is 5.41 Å². The number of carbonyl (C=O) groups excluding carboxylic acids is 1. The minimum Gasteiger partial charge on any atom is -0.470 e.